The molecule has 8 heteroatoms. The summed E-state index contributed by atoms with van der Waals surface area (Å²) in [5.74, 6) is 7.33. The molecule has 2 aromatic heterocycles. The molecule has 2 aromatic rings. The summed E-state index contributed by atoms with van der Waals surface area (Å²) in [6.45, 7) is 4.35. The quantitative estimate of drug-likeness (QED) is 0.408. The first-order valence-corrected chi connectivity index (χ1v) is 9.21. The van der Waals surface area contributed by atoms with E-state index < -0.39 is 0 Å². The van der Waals surface area contributed by atoms with Gasteiger partial charge >= 0.3 is 0 Å². The van der Waals surface area contributed by atoms with Gasteiger partial charge in [0.2, 0.25) is 11.9 Å². The number of rotatable bonds is 8. The highest BCUT2D eigenvalue weighted by atomic mass is 16.2. The van der Waals surface area contributed by atoms with Crippen LogP contribution in [0.25, 0.3) is 0 Å². The molecule has 4 N–H and O–H groups in total. The van der Waals surface area contributed by atoms with Gasteiger partial charge in [0.05, 0.1) is 17.8 Å². The van der Waals surface area contributed by atoms with Crippen molar-refractivity contribution in [2.75, 3.05) is 31.3 Å². The second-order valence-corrected chi connectivity index (χ2v) is 6.22. The fourth-order valence-electron chi connectivity index (χ4n) is 2.31. The molecule has 0 radical (unpaired) electrons. The van der Waals surface area contributed by atoms with Crippen molar-refractivity contribution in [3.05, 3.63) is 35.8 Å². The van der Waals surface area contributed by atoms with E-state index in [9.17, 15) is 4.79 Å². The molecule has 0 bridgehead atoms. The minimum atomic E-state index is -0.190. The Balaban J connectivity index is 1.90. The first kappa shape index (κ1) is 21.1. The van der Waals surface area contributed by atoms with Gasteiger partial charge in [0, 0.05) is 37.6 Å². The lowest BCUT2D eigenvalue weighted by molar-refractivity contribution is -0.122. The molecule has 2 heterocycles. The summed E-state index contributed by atoms with van der Waals surface area (Å²) in [7, 11) is 3.56. The van der Waals surface area contributed by atoms with E-state index in [-0.39, 0.29) is 11.9 Å². The van der Waals surface area contributed by atoms with Gasteiger partial charge in [-0.1, -0.05) is 11.8 Å². The van der Waals surface area contributed by atoms with Crippen LogP contribution in [-0.2, 0) is 4.79 Å². The van der Waals surface area contributed by atoms with Crippen molar-refractivity contribution >= 4 is 23.4 Å². The Morgan fingerprint density at radius 3 is 2.82 bits per heavy atom. The van der Waals surface area contributed by atoms with Crippen LogP contribution >= 0.6 is 0 Å². The van der Waals surface area contributed by atoms with Crippen LogP contribution < -0.4 is 21.3 Å². The molecule has 0 aliphatic rings. The van der Waals surface area contributed by atoms with Crippen molar-refractivity contribution in [3.8, 4) is 11.8 Å². The number of anilines is 3. The van der Waals surface area contributed by atoms with Crippen LogP contribution in [-0.4, -0.2) is 47.5 Å². The average molecular weight is 381 g/mol. The summed E-state index contributed by atoms with van der Waals surface area (Å²) in [6.07, 6.45) is 4.89. The van der Waals surface area contributed by atoms with E-state index >= 15 is 0 Å². The molecule has 148 valence electrons. The van der Waals surface area contributed by atoms with Gasteiger partial charge in [0.25, 0.3) is 0 Å². The van der Waals surface area contributed by atoms with Gasteiger partial charge in [0.15, 0.2) is 0 Å². The van der Waals surface area contributed by atoms with Gasteiger partial charge in [-0.15, -0.1) is 0 Å². The highest BCUT2D eigenvalue weighted by molar-refractivity contribution is 5.81. The van der Waals surface area contributed by atoms with Crippen molar-refractivity contribution in [1.82, 2.24) is 25.6 Å². The smallest absolute Gasteiger partial charge is 0.236 e. The molecular weight excluding hydrogens is 354 g/mol. The maximum absolute atomic E-state index is 11.6. The topological polar surface area (TPSA) is 104 Å². The third-order valence-corrected chi connectivity index (χ3v) is 4.01. The van der Waals surface area contributed by atoms with E-state index in [2.05, 4.69) is 48.1 Å². The summed E-state index contributed by atoms with van der Waals surface area (Å²) >= 11 is 0. The number of nitrogens with one attached hydrogen (secondary N) is 4. The minimum Gasteiger partial charge on any atom is -0.372 e. The first-order valence-electron chi connectivity index (χ1n) is 9.21. The van der Waals surface area contributed by atoms with Crippen LogP contribution in [0.5, 0.6) is 0 Å². The fourth-order valence-corrected chi connectivity index (χ4v) is 2.31. The minimum absolute atomic E-state index is 0.00573. The molecule has 0 aliphatic heterocycles. The zero-order chi connectivity index (χ0) is 20.4. The molecule has 28 heavy (non-hydrogen) atoms. The van der Waals surface area contributed by atoms with E-state index in [1.54, 1.807) is 26.5 Å². The number of likely N-dealkylation sites (N-methyl/N-ethyl adjacent to an activating group) is 1. The zero-order valence-electron chi connectivity index (χ0n) is 16.8. The SMILES string of the molecule is CNc1nc(Nc2ccnc(C)c2)ncc1C#CCCCNC(=O)[C@H](C)NC. The summed E-state index contributed by atoms with van der Waals surface area (Å²) in [4.78, 5) is 24.6. The number of hydrogen-bond acceptors (Lipinski definition) is 7. The predicted molar refractivity (Wildman–Crippen MR) is 111 cm³/mol. The second-order valence-electron chi connectivity index (χ2n) is 6.22. The Morgan fingerprint density at radius 1 is 1.29 bits per heavy atom. The number of nitrogens with zero attached hydrogens (tertiary/aromatic N) is 3. The standard InChI is InChI=1S/C20H27N7O/c1-14-12-17(9-11-23-14)26-20-25-13-16(18(22-4)27-20)8-6-5-7-10-24-19(28)15(2)21-3/h9,11-13,15,21H,5,7,10H2,1-4H3,(H,24,28)(H2,22,23,25,26,27)/t15-/m0/s1. The summed E-state index contributed by atoms with van der Waals surface area (Å²) in [5.41, 5.74) is 2.52. The Morgan fingerprint density at radius 2 is 2.11 bits per heavy atom. The third kappa shape index (κ3) is 6.52. The lowest BCUT2D eigenvalue weighted by Crippen LogP contribution is -2.40. The number of carbonyl (C=O) groups excluding carboxylic acids is 1. The molecule has 0 spiro atoms. The van der Waals surface area contributed by atoms with Gasteiger partial charge in [-0.05, 0) is 39.4 Å². The molecule has 0 saturated heterocycles. The molecule has 0 unspecified atom stereocenters. The van der Waals surface area contributed by atoms with Crippen molar-refractivity contribution in [1.29, 1.82) is 0 Å². The van der Waals surface area contributed by atoms with Crippen molar-refractivity contribution in [2.24, 2.45) is 0 Å². The van der Waals surface area contributed by atoms with Crippen LogP contribution in [0.3, 0.4) is 0 Å². The molecule has 0 saturated carbocycles. The number of pyridine rings is 1. The second kappa shape index (κ2) is 10.8. The van der Waals surface area contributed by atoms with E-state index in [0.29, 0.717) is 24.7 Å². The Hall–Kier alpha value is -3.18. The van der Waals surface area contributed by atoms with Gasteiger partial charge in [-0.3, -0.25) is 9.78 Å². The van der Waals surface area contributed by atoms with Crippen LogP contribution in [0.15, 0.2) is 24.5 Å². The van der Waals surface area contributed by atoms with Crippen molar-refractivity contribution in [2.45, 2.75) is 32.7 Å². The molecule has 0 aromatic carbocycles. The molecule has 0 fully saturated rings. The summed E-state index contributed by atoms with van der Waals surface area (Å²) in [5, 5.41) is 12.0. The van der Waals surface area contributed by atoms with E-state index in [1.165, 1.54) is 0 Å². The normalized spacial score (nSPS) is 11.1. The molecule has 1 amide bonds. The monoisotopic (exact) mass is 381 g/mol. The van der Waals surface area contributed by atoms with E-state index in [4.69, 9.17) is 0 Å². The number of carbonyl (C=O) groups is 1. The highest BCUT2D eigenvalue weighted by Gasteiger charge is 2.08. The van der Waals surface area contributed by atoms with Crippen molar-refractivity contribution < 1.29 is 4.79 Å². The predicted octanol–water partition coefficient (Wildman–Crippen LogP) is 1.82. The third-order valence-electron chi connectivity index (χ3n) is 4.01. The molecule has 0 aliphatic carbocycles. The Bertz CT molecular complexity index is 857. The lowest BCUT2D eigenvalue weighted by Gasteiger charge is -2.09. The molecular formula is C20H27N7O. The Labute approximate surface area is 166 Å². The van der Waals surface area contributed by atoms with Gasteiger partial charge < -0.3 is 21.3 Å². The maximum atomic E-state index is 11.6. The van der Waals surface area contributed by atoms with Gasteiger partial charge in [0.1, 0.15) is 5.82 Å². The molecule has 2 rings (SSSR count). The fraction of sp³-hybridized carbons (Fsp3) is 0.400. The largest absolute Gasteiger partial charge is 0.372 e. The number of aryl methyl sites for hydroxylation is 1. The lowest BCUT2D eigenvalue weighted by atomic mass is 10.2. The van der Waals surface area contributed by atoms with Crippen LogP contribution in [0.4, 0.5) is 17.5 Å². The zero-order valence-corrected chi connectivity index (χ0v) is 16.8. The van der Waals surface area contributed by atoms with E-state index in [1.807, 2.05) is 26.0 Å². The molecule has 1 atom stereocenters. The average Bonchev–Trinajstić information content (AvgIpc) is 2.70. The first-order chi connectivity index (χ1) is 13.5. The number of amides is 1. The van der Waals surface area contributed by atoms with Gasteiger partial charge in [-0.2, -0.15) is 4.98 Å². The number of hydrogen-bond donors (Lipinski definition) is 4. The maximum Gasteiger partial charge on any atom is 0.236 e. The Kier molecular flexibility index (Phi) is 8.18. The van der Waals surface area contributed by atoms with Crippen molar-refractivity contribution in [3.63, 3.8) is 0 Å². The van der Waals surface area contributed by atoms with E-state index in [0.717, 1.165) is 23.4 Å². The van der Waals surface area contributed by atoms with Crippen LogP contribution in [0.1, 0.15) is 31.0 Å². The van der Waals surface area contributed by atoms with Gasteiger partial charge in [-0.25, -0.2) is 4.98 Å². The summed E-state index contributed by atoms with van der Waals surface area (Å²) in [6, 6.07) is 3.59. The van der Waals surface area contributed by atoms with Crippen LogP contribution in [0, 0.1) is 18.8 Å². The number of aromatic nitrogens is 3. The number of unbranched alkanes of at least 4 members (excludes halogenated alkanes) is 1. The van der Waals surface area contributed by atoms with Crippen LogP contribution in [0.2, 0.25) is 0 Å². The summed E-state index contributed by atoms with van der Waals surface area (Å²) < 4.78 is 0. The molecule has 8 nitrogen and oxygen atoms in total. The highest BCUT2D eigenvalue weighted by Crippen LogP contribution is 2.16.